The summed E-state index contributed by atoms with van der Waals surface area (Å²) in [7, 11) is -3.56. The maximum absolute atomic E-state index is 12.7. The second-order valence-electron chi connectivity index (χ2n) is 7.24. The molecule has 4 rings (SSSR count). The van der Waals surface area contributed by atoms with Gasteiger partial charge < -0.3 is 8.83 Å². The summed E-state index contributed by atoms with van der Waals surface area (Å²) < 4.78 is 37.4. The lowest BCUT2D eigenvalue weighted by Gasteiger charge is -2.31. The zero-order valence-corrected chi connectivity index (χ0v) is 16.6. The third-order valence-corrected chi connectivity index (χ3v) is 7.21. The number of piperidine rings is 2. The maximum atomic E-state index is 12.7. The Labute approximate surface area is 167 Å². The first kappa shape index (κ1) is 19.8. The van der Waals surface area contributed by atoms with Crippen LogP contribution in [0.4, 0.5) is 0 Å². The first-order valence-electron chi connectivity index (χ1n) is 9.61. The van der Waals surface area contributed by atoms with E-state index in [0.717, 1.165) is 4.90 Å². The smallest absolute Gasteiger partial charge is 0.250 e. The van der Waals surface area contributed by atoms with Crippen molar-refractivity contribution >= 4 is 21.8 Å². The molecule has 2 aromatic rings. The molecule has 10 nitrogen and oxygen atoms in total. The molecule has 2 aromatic heterocycles. The fraction of sp³-hybridized carbons (Fsp3) is 0.556. The van der Waals surface area contributed by atoms with E-state index in [2.05, 4.69) is 10.2 Å². The molecule has 0 bridgehead atoms. The van der Waals surface area contributed by atoms with Crippen LogP contribution < -0.4 is 0 Å². The third-order valence-electron chi connectivity index (χ3n) is 5.36. The highest BCUT2D eigenvalue weighted by molar-refractivity contribution is 7.89. The van der Waals surface area contributed by atoms with Crippen LogP contribution in [0.25, 0.3) is 11.5 Å². The molecule has 0 N–H and O–H groups in total. The van der Waals surface area contributed by atoms with Crippen molar-refractivity contribution in [3.05, 3.63) is 24.5 Å². The van der Waals surface area contributed by atoms with Crippen molar-refractivity contribution in [2.24, 2.45) is 0 Å². The number of likely N-dealkylation sites (tertiary alicyclic amines) is 1. The van der Waals surface area contributed by atoms with E-state index in [0.29, 0.717) is 62.5 Å². The van der Waals surface area contributed by atoms with Crippen molar-refractivity contribution in [1.82, 2.24) is 19.4 Å². The summed E-state index contributed by atoms with van der Waals surface area (Å²) in [5.41, 5.74) is 0.700. The Bertz CT molecular complexity index is 960. The monoisotopic (exact) mass is 422 g/mol. The fourth-order valence-corrected chi connectivity index (χ4v) is 5.11. The van der Waals surface area contributed by atoms with Gasteiger partial charge in [-0.2, -0.15) is 0 Å². The summed E-state index contributed by atoms with van der Waals surface area (Å²) in [4.78, 5) is 24.8. The van der Waals surface area contributed by atoms with Crippen molar-refractivity contribution < 1.29 is 26.8 Å². The van der Waals surface area contributed by atoms with E-state index >= 15 is 0 Å². The van der Waals surface area contributed by atoms with E-state index in [1.165, 1.54) is 16.8 Å². The molecule has 2 fully saturated rings. The molecular formula is C18H22N4O6S. The minimum absolute atomic E-state index is 0.0140. The van der Waals surface area contributed by atoms with Gasteiger partial charge in [0.25, 0.3) is 5.89 Å². The first-order chi connectivity index (χ1) is 13.9. The molecular weight excluding hydrogens is 400 g/mol. The molecule has 0 aromatic carbocycles. The van der Waals surface area contributed by atoms with Gasteiger partial charge in [-0.25, -0.2) is 12.7 Å². The van der Waals surface area contributed by atoms with Crippen LogP contribution in [0.5, 0.6) is 0 Å². The predicted molar refractivity (Wildman–Crippen MR) is 99.9 cm³/mol. The number of furan rings is 1. The van der Waals surface area contributed by atoms with E-state index in [-0.39, 0.29) is 30.0 Å². The summed E-state index contributed by atoms with van der Waals surface area (Å²) in [6, 6.07) is 1.73. The van der Waals surface area contributed by atoms with Gasteiger partial charge in [0.15, 0.2) is 0 Å². The second kappa shape index (κ2) is 8.07. The van der Waals surface area contributed by atoms with E-state index in [4.69, 9.17) is 8.83 Å². The van der Waals surface area contributed by atoms with Crippen molar-refractivity contribution in [2.75, 3.05) is 25.4 Å². The molecule has 4 heterocycles. The molecule has 2 aliphatic heterocycles. The highest BCUT2D eigenvalue weighted by Gasteiger charge is 2.33. The topological polar surface area (TPSA) is 127 Å². The minimum Gasteiger partial charge on any atom is -0.472 e. The van der Waals surface area contributed by atoms with Crippen LogP contribution in [0.1, 0.15) is 43.9 Å². The van der Waals surface area contributed by atoms with Gasteiger partial charge in [0.2, 0.25) is 27.7 Å². The fourth-order valence-electron chi connectivity index (χ4n) is 3.67. The largest absolute Gasteiger partial charge is 0.472 e. The number of hydrogen-bond donors (Lipinski definition) is 0. The molecule has 0 radical (unpaired) electrons. The highest BCUT2D eigenvalue weighted by Crippen LogP contribution is 2.30. The molecule has 0 saturated carbocycles. The zero-order valence-electron chi connectivity index (χ0n) is 15.8. The summed E-state index contributed by atoms with van der Waals surface area (Å²) in [6.07, 6.45) is 5.29. The van der Waals surface area contributed by atoms with Gasteiger partial charge in [-0.05, 0) is 25.3 Å². The summed E-state index contributed by atoms with van der Waals surface area (Å²) in [5, 5.41) is 8.11. The number of carbonyl (C=O) groups is 2. The SMILES string of the molecule is O=C1CCCC(=O)N1CCS(=O)(=O)N1CCC(c2nnc(-c3ccoc3)o2)CC1. The highest BCUT2D eigenvalue weighted by atomic mass is 32.2. The van der Waals surface area contributed by atoms with Gasteiger partial charge in [-0.1, -0.05) is 0 Å². The van der Waals surface area contributed by atoms with E-state index in [9.17, 15) is 18.0 Å². The Morgan fingerprint density at radius 2 is 1.83 bits per heavy atom. The Kier molecular flexibility index (Phi) is 5.50. The molecule has 156 valence electrons. The molecule has 0 unspecified atom stereocenters. The van der Waals surface area contributed by atoms with Crippen LogP contribution in [0.15, 0.2) is 27.4 Å². The molecule has 2 aliphatic rings. The van der Waals surface area contributed by atoms with E-state index in [1.807, 2.05) is 0 Å². The number of nitrogens with zero attached hydrogens (tertiary/aromatic N) is 4. The van der Waals surface area contributed by atoms with E-state index in [1.54, 1.807) is 6.07 Å². The Balaban J connectivity index is 1.32. The van der Waals surface area contributed by atoms with Crippen LogP contribution >= 0.6 is 0 Å². The van der Waals surface area contributed by atoms with E-state index < -0.39 is 10.0 Å². The zero-order chi connectivity index (χ0) is 20.4. The molecule has 11 heteroatoms. The van der Waals surface area contributed by atoms with Crippen molar-refractivity contribution in [3.8, 4) is 11.5 Å². The van der Waals surface area contributed by atoms with Crippen LogP contribution in [0.3, 0.4) is 0 Å². The molecule has 2 amide bonds. The Hall–Kier alpha value is -2.53. The van der Waals surface area contributed by atoms with Crippen LogP contribution in [0, 0.1) is 0 Å². The van der Waals surface area contributed by atoms with Crippen molar-refractivity contribution in [3.63, 3.8) is 0 Å². The average molecular weight is 422 g/mol. The van der Waals surface area contributed by atoms with Gasteiger partial charge in [0.05, 0.1) is 17.6 Å². The Morgan fingerprint density at radius 1 is 1.10 bits per heavy atom. The minimum atomic E-state index is -3.56. The number of carbonyl (C=O) groups excluding carboxylic acids is 2. The van der Waals surface area contributed by atoms with Gasteiger partial charge in [-0.3, -0.25) is 14.5 Å². The lowest BCUT2D eigenvalue weighted by Crippen LogP contribution is -2.46. The maximum Gasteiger partial charge on any atom is 0.250 e. The number of imide groups is 1. The molecule has 0 aliphatic carbocycles. The molecule has 0 atom stereocenters. The van der Waals surface area contributed by atoms with Crippen molar-refractivity contribution in [2.45, 2.75) is 38.0 Å². The average Bonchev–Trinajstić information content (AvgIpc) is 3.39. The van der Waals surface area contributed by atoms with Gasteiger partial charge >= 0.3 is 0 Å². The van der Waals surface area contributed by atoms with Crippen molar-refractivity contribution in [1.29, 1.82) is 0 Å². The number of aromatic nitrogens is 2. The second-order valence-corrected chi connectivity index (χ2v) is 9.33. The number of amides is 2. The standard InChI is InChI=1S/C18H22N4O6S/c23-15-2-1-3-16(24)22(15)9-11-29(25,26)21-7-4-13(5-8-21)17-19-20-18(28-17)14-6-10-27-12-14/h6,10,12-13H,1-5,7-9,11H2. The van der Waals surface area contributed by atoms with Gasteiger partial charge in [0, 0.05) is 38.4 Å². The molecule has 2 saturated heterocycles. The van der Waals surface area contributed by atoms with Gasteiger partial charge in [0.1, 0.15) is 6.26 Å². The summed E-state index contributed by atoms with van der Waals surface area (Å²) >= 11 is 0. The summed E-state index contributed by atoms with van der Waals surface area (Å²) in [5.74, 6) is 0.0163. The van der Waals surface area contributed by atoms with Crippen LogP contribution in [-0.4, -0.2) is 65.0 Å². The number of sulfonamides is 1. The normalized spacial score (nSPS) is 19.8. The third kappa shape index (κ3) is 4.25. The van der Waals surface area contributed by atoms with Crippen LogP contribution in [0.2, 0.25) is 0 Å². The van der Waals surface area contributed by atoms with Crippen LogP contribution in [-0.2, 0) is 19.6 Å². The molecule has 29 heavy (non-hydrogen) atoms. The van der Waals surface area contributed by atoms with Gasteiger partial charge in [-0.15, -0.1) is 10.2 Å². The summed E-state index contributed by atoms with van der Waals surface area (Å²) in [6.45, 7) is 0.578. The first-order valence-corrected chi connectivity index (χ1v) is 11.2. The molecule has 0 spiro atoms. The Morgan fingerprint density at radius 3 is 2.48 bits per heavy atom. The number of hydrogen-bond acceptors (Lipinski definition) is 8. The lowest BCUT2D eigenvalue weighted by molar-refractivity contribution is -0.147. The number of rotatable bonds is 6. The quantitative estimate of drug-likeness (QED) is 0.639. The predicted octanol–water partition coefficient (Wildman–Crippen LogP) is 1.38. The lowest BCUT2D eigenvalue weighted by atomic mass is 9.98.